The highest BCUT2D eigenvalue weighted by atomic mass is 14.7. The molecule has 0 bridgehead atoms. The quantitative estimate of drug-likeness (QED) is 0.597. The van der Waals surface area contributed by atoms with Crippen LogP contribution < -0.4 is 0 Å². The number of nitrogens with zero attached hydrogens (tertiary/aromatic N) is 1. The van der Waals surface area contributed by atoms with Gasteiger partial charge in [0.05, 0.1) is 5.69 Å². The number of pyridine rings is 1. The van der Waals surface area contributed by atoms with E-state index in [2.05, 4.69) is 66.5 Å². The van der Waals surface area contributed by atoms with Crippen molar-refractivity contribution < 1.29 is 0 Å². The molecule has 2 aromatic carbocycles. The molecule has 0 aliphatic heterocycles. The largest absolute Gasteiger partial charge is 0.256 e. The summed E-state index contributed by atoms with van der Waals surface area (Å²) in [6.07, 6.45) is 1.88. The highest BCUT2D eigenvalue weighted by Gasteiger charge is 2.04. The van der Waals surface area contributed by atoms with Crippen molar-refractivity contribution in [1.82, 2.24) is 4.98 Å². The van der Waals surface area contributed by atoms with Crippen LogP contribution in [0.5, 0.6) is 0 Å². The Labute approximate surface area is 101 Å². The minimum absolute atomic E-state index is 1.06. The Kier molecular flexibility index (Phi) is 2.37. The van der Waals surface area contributed by atoms with Gasteiger partial charge in [-0.05, 0) is 24.4 Å². The van der Waals surface area contributed by atoms with Crippen LogP contribution in [0.3, 0.4) is 0 Å². The fourth-order valence-electron chi connectivity index (χ4n) is 2.14. The predicted molar refractivity (Wildman–Crippen MR) is 71.9 cm³/mol. The number of benzene rings is 2. The van der Waals surface area contributed by atoms with Crippen molar-refractivity contribution in [2.24, 2.45) is 0 Å². The molecule has 3 rings (SSSR count). The van der Waals surface area contributed by atoms with Gasteiger partial charge < -0.3 is 0 Å². The second-order valence-corrected chi connectivity index (χ2v) is 4.25. The van der Waals surface area contributed by atoms with Gasteiger partial charge in [-0.15, -0.1) is 0 Å². The summed E-state index contributed by atoms with van der Waals surface area (Å²) in [5.74, 6) is 0. The van der Waals surface area contributed by atoms with Crippen LogP contribution in [0.4, 0.5) is 0 Å². The number of fused-ring (bicyclic) bond motifs is 1. The molecular formula is C16H13N. The van der Waals surface area contributed by atoms with Crippen molar-refractivity contribution in [3.63, 3.8) is 0 Å². The first-order chi connectivity index (χ1) is 8.34. The molecule has 0 unspecified atom stereocenters. The van der Waals surface area contributed by atoms with Crippen LogP contribution in [-0.2, 0) is 0 Å². The maximum Gasteiger partial charge on any atom is 0.0780 e. The fourth-order valence-corrected chi connectivity index (χ4v) is 2.14. The zero-order chi connectivity index (χ0) is 11.7. The smallest absolute Gasteiger partial charge is 0.0780 e. The Morgan fingerprint density at radius 2 is 1.76 bits per heavy atom. The van der Waals surface area contributed by atoms with Gasteiger partial charge in [-0.3, -0.25) is 4.98 Å². The summed E-state index contributed by atoms with van der Waals surface area (Å²) in [7, 11) is 0. The molecule has 17 heavy (non-hydrogen) atoms. The van der Waals surface area contributed by atoms with Crippen molar-refractivity contribution in [2.45, 2.75) is 6.92 Å². The summed E-state index contributed by atoms with van der Waals surface area (Å²) < 4.78 is 0. The molecular weight excluding hydrogens is 206 g/mol. The lowest BCUT2D eigenvalue weighted by atomic mass is 10.0. The summed E-state index contributed by atoms with van der Waals surface area (Å²) in [6.45, 7) is 2.11. The van der Waals surface area contributed by atoms with Gasteiger partial charge in [-0.25, -0.2) is 0 Å². The first-order valence-electron chi connectivity index (χ1n) is 5.75. The highest BCUT2D eigenvalue weighted by Crippen LogP contribution is 2.26. The molecule has 0 saturated heterocycles. The van der Waals surface area contributed by atoms with Gasteiger partial charge in [0.1, 0.15) is 0 Å². The lowest BCUT2D eigenvalue weighted by Gasteiger charge is -2.06. The van der Waals surface area contributed by atoms with Crippen LogP contribution in [0.2, 0.25) is 0 Å². The van der Waals surface area contributed by atoms with E-state index in [4.69, 9.17) is 0 Å². The van der Waals surface area contributed by atoms with E-state index in [1.54, 1.807) is 0 Å². The van der Waals surface area contributed by atoms with Crippen LogP contribution in [-0.4, -0.2) is 4.98 Å². The van der Waals surface area contributed by atoms with Gasteiger partial charge >= 0.3 is 0 Å². The SMILES string of the molecule is Cc1cccc(-c2nccc3ccccc23)c1. The highest BCUT2D eigenvalue weighted by molar-refractivity contribution is 5.94. The van der Waals surface area contributed by atoms with Crippen LogP contribution >= 0.6 is 0 Å². The molecule has 0 aliphatic carbocycles. The molecule has 0 aliphatic rings. The topological polar surface area (TPSA) is 12.9 Å². The first-order valence-corrected chi connectivity index (χ1v) is 5.75. The molecule has 0 radical (unpaired) electrons. The third-order valence-electron chi connectivity index (χ3n) is 2.97. The molecule has 1 nitrogen and oxygen atoms in total. The summed E-state index contributed by atoms with van der Waals surface area (Å²) in [4.78, 5) is 4.52. The van der Waals surface area contributed by atoms with Crippen molar-refractivity contribution in [2.75, 3.05) is 0 Å². The molecule has 1 aromatic heterocycles. The average molecular weight is 219 g/mol. The van der Waals surface area contributed by atoms with Crippen LogP contribution in [0.15, 0.2) is 60.8 Å². The minimum Gasteiger partial charge on any atom is -0.256 e. The molecule has 0 fully saturated rings. The number of aryl methyl sites for hydroxylation is 1. The van der Waals surface area contributed by atoms with Gasteiger partial charge in [0.15, 0.2) is 0 Å². The van der Waals surface area contributed by atoms with E-state index >= 15 is 0 Å². The fraction of sp³-hybridized carbons (Fsp3) is 0.0625. The van der Waals surface area contributed by atoms with Crippen LogP contribution in [0.25, 0.3) is 22.0 Å². The van der Waals surface area contributed by atoms with Crippen molar-refractivity contribution in [3.8, 4) is 11.3 Å². The summed E-state index contributed by atoms with van der Waals surface area (Å²) in [6, 6.07) is 18.9. The number of hydrogen-bond acceptors (Lipinski definition) is 1. The van der Waals surface area contributed by atoms with E-state index in [-0.39, 0.29) is 0 Å². The molecule has 0 N–H and O–H groups in total. The van der Waals surface area contributed by atoms with Crippen molar-refractivity contribution >= 4 is 10.8 Å². The molecule has 0 saturated carbocycles. The summed E-state index contributed by atoms with van der Waals surface area (Å²) in [5, 5.41) is 2.44. The zero-order valence-electron chi connectivity index (χ0n) is 9.72. The normalized spacial score (nSPS) is 10.6. The Morgan fingerprint density at radius 3 is 2.65 bits per heavy atom. The van der Waals surface area contributed by atoms with Crippen molar-refractivity contribution in [1.29, 1.82) is 0 Å². The second-order valence-electron chi connectivity index (χ2n) is 4.25. The third-order valence-corrected chi connectivity index (χ3v) is 2.97. The minimum atomic E-state index is 1.06. The molecule has 1 heteroatoms. The Morgan fingerprint density at radius 1 is 0.882 bits per heavy atom. The van der Waals surface area contributed by atoms with E-state index in [1.807, 2.05) is 6.20 Å². The van der Waals surface area contributed by atoms with E-state index in [1.165, 1.54) is 21.9 Å². The van der Waals surface area contributed by atoms with Gasteiger partial charge in [0.2, 0.25) is 0 Å². The Hall–Kier alpha value is -2.15. The number of hydrogen-bond donors (Lipinski definition) is 0. The average Bonchev–Trinajstić information content (AvgIpc) is 2.38. The third kappa shape index (κ3) is 1.80. The van der Waals surface area contributed by atoms with Crippen LogP contribution in [0, 0.1) is 6.92 Å². The second kappa shape index (κ2) is 4.02. The van der Waals surface area contributed by atoms with E-state index in [0.717, 1.165) is 5.69 Å². The number of rotatable bonds is 1. The predicted octanol–water partition coefficient (Wildman–Crippen LogP) is 4.21. The maximum absolute atomic E-state index is 4.52. The van der Waals surface area contributed by atoms with Gasteiger partial charge in [-0.2, -0.15) is 0 Å². The van der Waals surface area contributed by atoms with Gasteiger partial charge in [-0.1, -0.05) is 48.0 Å². The van der Waals surface area contributed by atoms with Crippen molar-refractivity contribution in [3.05, 3.63) is 66.4 Å². The first kappa shape index (κ1) is 10.0. The maximum atomic E-state index is 4.52. The molecule has 0 spiro atoms. The zero-order valence-corrected chi connectivity index (χ0v) is 9.72. The Bertz CT molecular complexity index is 666. The molecule has 82 valence electrons. The summed E-state index contributed by atoms with van der Waals surface area (Å²) in [5.41, 5.74) is 3.51. The monoisotopic (exact) mass is 219 g/mol. The lowest BCUT2D eigenvalue weighted by molar-refractivity contribution is 1.35. The van der Waals surface area contributed by atoms with Crippen LogP contribution in [0.1, 0.15) is 5.56 Å². The van der Waals surface area contributed by atoms with E-state index in [0.29, 0.717) is 0 Å². The van der Waals surface area contributed by atoms with E-state index in [9.17, 15) is 0 Å². The summed E-state index contributed by atoms with van der Waals surface area (Å²) >= 11 is 0. The molecule has 0 atom stereocenters. The lowest BCUT2D eigenvalue weighted by Crippen LogP contribution is -1.86. The van der Waals surface area contributed by atoms with Gasteiger partial charge in [0, 0.05) is 17.1 Å². The Balaban J connectivity index is 2.30. The van der Waals surface area contributed by atoms with Gasteiger partial charge in [0.25, 0.3) is 0 Å². The molecule has 1 heterocycles. The standard InChI is InChI=1S/C16H13N/c1-12-5-4-7-14(11-12)16-15-8-3-2-6-13(15)9-10-17-16/h2-11H,1H3. The molecule has 3 aromatic rings. The molecule has 0 amide bonds. The van der Waals surface area contributed by atoms with E-state index < -0.39 is 0 Å². The number of aromatic nitrogens is 1.